The lowest BCUT2D eigenvalue weighted by Gasteiger charge is -2.13. The lowest BCUT2D eigenvalue weighted by atomic mass is 10.0. The highest BCUT2D eigenvalue weighted by Crippen LogP contribution is 2.28. The number of ether oxygens (including phenoxy) is 1. The zero-order valence-corrected chi connectivity index (χ0v) is 9.99. The molecular weight excluding hydrogens is 226 g/mol. The van der Waals surface area contributed by atoms with Gasteiger partial charge in [-0.3, -0.25) is 0 Å². The van der Waals surface area contributed by atoms with Gasteiger partial charge in [0, 0.05) is 18.0 Å². The van der Waals surface area contributed by atoms with E-state index in [1.807, 2.05) is 24.3 Å². The van der Waals surface area contributed by atoms with E-state index in [2.05, 4.69) is 9.97 Å². The van der Waals surface area contributed by atoms with Gasteiger partial charge >= 0.3 is 0 Å². The number of rotatable bonds is 4. The molecule has 1 aromatic heterocycles. The molecule has 0 saturated heterocycles. The Morgan fingerprint density at radius 3 is 2.67 bits per heavy atom. The summed E-state index contributed by atoms with van der Waals surface area (Å²) in [6, 6.07) is 7.72. The Balaban J connectivity index is 1.82. The first-order valence-corrected chi connectivity index (χ1v) is 6.10. The van der Waals surface area contributed by atoms with E-state index in [0.29, 0.717) is 6.10 Å². The molecule has 1 heterocycles. The van der Waals surface area contributed by atoms with Crippen LogP contribution in [0, 0.1) is 0 Å². The van der Waals surface area contributed by atoms with Crippen LogP contribution in [0.2, 0.25) is 0 Å². The van der Waals surface area contributed by atoms with Crippen molar-refractivity contribution < 1.29 is 4.74 Å². The van der Waals surface area contributed by atoms with Crippen LogP contribution < -0.4 is 10.5 Å². The fourth-order valence-corrected chi connectivity index (χ4v) is 1.82. The number of nitrogens with zero attached hydrogens (tertiary/aromatic N) is 2. The topological polar surface area (TPSA) is 61.0 Å². The predicted molar refractivity (Wildman–Crippen MR) is 68.2 cm³/mol. The summed E-state index contributed by atoms with van der Waals surface area (Å²) in [5.74, 6) is 0.891. The average Bonchev–Trinajstić information content (AvgIpc) is 3.23. The number of aromatic nitrogens is 2. The largest absolute Gasteiger partial charge is 0.490 e. The number of hydrogen-bond acceptors (Lipinski definition) is 4. The number of hydrogen-bond donors (Lipinski definition) is 1. The summed E-state index contributed by atoms with van der Waals surface area (Å²) in [4.78, 5) is 7.98. The van der Waals surface area contributed by atoms with Gasteiger partial charge in [0.25, 0.3) is 0 Å². The van der Waals surface area contributed by atoms with Crippen LogP contribution in [0.15, 0.2) is 43.0 Å². The van der Waals surface area contributed by atoms with Crippen LogP contribution in [-0.4, -0.2) is 16.1 Å². The summed E-state index contributed by atoms with van der Waals surface area (Å²) in [5.41, 5.74) is 8.12. The maximum absolute atomic E-state index is 6.20. The predicted octanol–water partition coefficient (Wildman–Crippen LogP) is 2.07. The Bertz CT molecular complexity index is 526. The van der Waals surface area contributed by atoms with Gasteiger partial charge in [0.1, 0.15) is 12.1 Å². The quantitative estimate of drug-likeness (QED) is 0.890. The summed E-state index contributed by atoms with van der Waals surface area (Å²) >= 11 is 0. The SMILES string of the molecule is NC(c1cncnc1)c1cccc(OC2CC2)c1. The minimum atomic E-state index is -0.214. The van der Waals surface area contributed by atoms with Crippen molar-refractivity contribution in [3.63, 3.8) is 0 Å². The van der Waals surface area contributed by atoms with Crippen molar-refractivity contribution in [2.24, 2.45) is 5.73 Å². The first kappa shape index (κ1) is 11.2. The van der Waals surface area contributed by atoms with Crippen molar-refractivity contribution in [2.75, 3.05) is 0 Å². The van der Waals surface area contributed by atoms with Gasteiger partial charge in [0.2, 0.25) is 0 Å². The monoisotopic (exact) mass is 241 g/mol. The van der Waals surface area contributed by atoms with Gasteiger partial charge in [-0.25, -0.2) is 9.97 Å². The normalized spacial score (nSPS) is 16.3. The first-order chi connectivity index (χ1) is 8.83. The molecule has 1 unspecified atom stereocenters. The van der Waals surface area contributed by atoms with Crippen LogP contribution in [-0.2, 0) is 0 Å². The standard InChI is InChI=1S/C14H15N3O/c15-14(11-7-16-9-17-8-11)10-2-1-3-13(6-10)18-12-4-5-12/h1-3,6-9,12,14H,4-5,15H2. The minimum Gasteiger partial charge on any atom is -0.490 e. The van der Waals surface area contributed by atoms with Gasteiger partial charge in [0.15, 0.2) is 0 Å². The third-order valence-corrected chi connectivity index (χ3v) is 2.98. The van der Waals surface area contributed by atoms with Crippen LogP contribution in [0.5, 0.6) is 5.75 Å². The summed E-state index contributed by atoms with van der Waals surface area (Å²) in [7, 11) is 0. The molecule has 0 aliphatic heterocycles. The van der Waals surface area contributed by atoms with E-state index in [1.54, 1.807) is 12.4 Å². The molecule has 0 amide bonds. The Hall–Kier alpha value is -1.94. The van der Waals surface area contributed by atoms with Crippen molar-refractivity contribution in [1.29, 1.82) is 0 Å². The molecule has 1 aliphatic carbocycles. The van der Waals surface area contributed by atoms with Gasteiger partial charge < -0.3 is 10.5 Å². The molecule has 3 rings (SSSR count). The summed E-state index contributed by atoms with van der Waals surface area (Å²) in [6.45, 7) is 0. The summed E-state index contributed by atoms with van der Waals surface area (Å²) in [5, 5.41) is 0. The van der Waals surface area contributed by atoms with E-state index in [4.69, 9.17) is 10.5 Å². The first-order valence-electron chi connectivity index (χ1n) is 6.10. The molecule has 18 heavy (non-hydrogen) atoms. The molecular formula is C14H15N3O. The fraction of sp³-hybridized carbons (Fsp3) is 0.286. The van der Waals surface area contributed by atoms with Crippen LogP contribution >= 0.6 is 0 Å². The summed E-state index contributed by atoms with van der Waals surface area (Å²) < 4.78 is 5.77. The van der Waals surface area contributed by atoms with E-state index < -0.39 is 0 Å². The van der Waals surface area contributed by atoms with Gasteiger partial charge in [0.05, 0.1) is 12.1 Å². The van der Waals surface area contributed by atoms with Gasteiger partial charge in [-0.1, -0.05) is 12.1 Å². The third-order valence-electron chi connectivity index (χ3n) is 2.98. The molecule has 1 saturated carbocycles. The van der Waals surface area contributed by atoms with Crippen LogP contribution in [0.25, 0.3) is 0 Å². The highest BCUT2D eigenvalue weighted by Gasteiger charge is 2.23. The molecule has 1 aromatic carbocycles. The lowest BCUT2D eigenvalue weighted by Crippen LogP contribution is -2.12. The Morgan fingerprint density at radius 1 is 1.17 bits per heavy atom. The van der Waals surface area contributed by atoms with Crippen LogP contribution in [0.1, 0.15) is 30.0 Å². The molecule has 4 nitrogen and oxygen atoms in total. The van der Waals surface area contributed by atoms with Crippen LogP contribution in [0.4, 0.5) is 0 Å². The van der Waals surface area contributed by atoms with E-state index in [0.717, 1.165) is 29.7 Å². The minimum absolute atomic E-state index is 0.214. The number of nitrogens with two attached hydrogens (primary N) is 1. The Morgan fingerprint density at radius 2 is 1.94 bits per heavy atom. The molecule has 0 radical (unpaired) electrons. The molecule has 1 atom stereocenters. The highest BCUT2D eigenvalue weighted by molar-refractivity contribution is 5.35. The fourth-order valence-electron chi connectivity index (χ4n) is 1.82. The second kappa shape index (κ2) is 4.74. The molecule has 2 N–H and O–H groups in total. The molecule has 0 spiro atoms. The maximum atomic E-state index is 6.20. The maximum Gasteiger partial charge on any atom is 0.120 e. The van der Waals surface area contributed by atoms with E-state index in [9.17, 15) is 0 Å². The molecule has 0 bridgehead atoms. The molecule has 1 fully saturated rings. The lowest BCUT2D eigenvalue weighted by molar-refractivity contribution is 0.303. The summed E-state index contributed by atoms with van der Waals surface area (Å²) in [6.07, 6.45) is 7.70. The van der Waals surface area contributed by atoms with Crippen molar-refractivity contribution in [3.8, 4) is 5.75 Å². The zero-order chi connectivity index (χ0) is 12.4. The number of benzene rings is 1. The molecule has 4 heteroatoms. The third kappa shape index (κ3) is 2.49. The molecule has 2 aromatic rings. The van der Waals surface area contributed by atoms with Crippen molar-refractivity contribution in [2.45, 2.75) is 25.0 Å². The highest BCUT2D eigenvalue weighted by atomic mass is 16.5. The smallest absolute Gasteiger partial charge is 0.120 e. The van der Waals surface area contributed by atoms with Crippen LogP contribution in [0.3, 0.4) is 0 Å². The Kier molecular flexibility index (Phi) is 2.94. The second-order valence-electron chi connectivity index (χ2n) is 4.54. The van der Waals surface area contributed by atoms with Crippen molar-refractivity contribution in [1.82, 2.24) is 9.97 Å². The van der Waals surface area contributed by atoms with E-state index in [-0.39, 0.29) is 6.04 Å². The van der Waals surface area contributed by atoms with Crippen molar-refractivity contribution in [3.05, 3.63) is 54.1 Å². The zero-order valence-electron chi connectivity index (χ0n) is 9.99. The van der Waals surface area contributed by atoms with E-state index in [1.165, 1.54) is 6.33 Å². The molecule has 92 valence electrons. The van der Waals surface area contributed by atoms with Gasteiger partial charge in [-0.2, -0.15) is 0 Å². The second-order valence-corrected chi connectivity index (χ2v) is 4.54. The van der Waals surface area contributed by atoms with Gasteiger partial charge in [-0.05, 0) is 30.5 Å². The van der Waals surface area contributed by atoms with Gasteiger partial charge in [-0.15, -0.1) is 0 Å². The Labute approximate surface area is 106 Å². The van der Waals surface area contributed by atoms with Crippen molar-refractivity contribution >= 4 is 0 Å². The van der Waals surface area contributed by atoms with E-state index >= 15 is 0 Å². The molecule has 1 aliphatic rings. The average molecular weight is 241 g/mol.